The predicted molar refractivity (Wildman–Crippen MR) is 162 cm³/mol. The second kappa shape index (κ2) is 13.3. The number of hydrogen-bond acceptors (Lipinski definition) is 4. The van der Waals surface area contributed by atoms with Crippen LogP contribution in [0.4, 0.5) is 4.79 Å². The van der Waals surface area contributed by atoms with E-state index in [0.29, 0.717) is 30.6 Å². The highest BCUT2D eigenvalue weighted by Crippen LogP contribution is 2.43. The Labute approximate surface area is 239 Å². The molecule has 39 heavy (non-hydrogen) atoms. The summed E-state index contributed by atoms with van der Waals surface area (Å²) in [5.74, 6) is 1.31. The molecule has 1 saturated heterocycles. The van der Waals surface area contributed by atoms with Gasteiger partial charge in [0.2, 0.25) is 0 Å². The second-order valence-electron chi connectivity index (χ2n) is 10.7. The average Bonchev–Trinajstić information content (AvgIpc) is 3.24. The number of fused-ring (bicyclic) bond motifs is 1. The molecular formula is C32H43ClN4O2. The van der Waals surface area contributed by atoms with Gasteiger partial charge >= 0.3 is 6.09 Å². The predicted octanol–water partition coefficient (Wildman–Crippen LogP) is 8.23. The van der Waals surface area contributed by atoms with Gasteiger partial charge in [-0.3, -0.25) is 4.99 Å². The molecule has 1 atom stereocenters. The van der Waals surface area contributed by atoms with Crippen molar-refractivity contribution in [3.63, 3.8) is 0 Å². The molecule has 0 radical (unpaired) electrons. The van der Waals surface area contributed by atoms with Crippen LogP contribution in [0, 0.1) is 12.8 Å². The van der Waals surface area contributed by atoms with E-state index in [4.69, 9.17) is 21.3 Å². The number of imidazole rings is 1. The van der Waals surface area contributed by atoms with Crippen LogP contribution in [0.15, 0.2) is 65.6 Å². The molecule has 1 amide bonds. The lowest BCUT2D eigenvalue weighted by Gasteiger charge is -2.37. The fourth-order valence-electron chi connectivity index (χ4n) is 5.38. The van der Waals surface area contributed by atoms with Gasteiger partial charge in [0.15, 0.2) is 0 Å². The Kier molecular flexibility index (Phi) is 10.4. The number of aryl methyl sites for hydroxylation is 1. The van der Waals surface area contributed by atoms with Crippen LogP contribution in [0.1, 0.15) is 77.3 Å². The van der Waals surface area contributed by atoms with E-state index >= 15 is 0 Å². The van der Waals surface area contributed by atoms with Crippen molar-refractivity contribution in [2.75, 3.05) is 13.1 Å². The van der Waals surface area contributed by atoms with Crippen molar-refractivity contribution in [2.24, 2.45) is 10.9 Å². The number of amides is 1. The zero-order chi connectivity index (χ0) is 28.7. The largest absolute Gasteiger partial charge is 0.444 e. The lowest BCUT2D eigenvalue weighted by Crippen LogP contribution is -2.43. The van der Waals surface area contributed by atoms with Gasteiger partial charge < -0.3 is 14.2 Å². The van der Waals surface area contributed by atoms with Crippen LogP contribution in [-0.2, 0) is 11.3 Å². The summed E-state index contributed by atoms with van der Waals surface area (Å²) < 4.78 is 7.77. The van der Waals surface area contributed by atoms with Crippen molar-refractivity contribution in [3.05, 3.63) is 82.6 Å². The van der Waals surface area contributed by atoms with Gasteiger partial charge in [0.25, 0.3) is 0 Å². The van der Waals surface area contributed by atoms with Gasteiger partial charge in [-0.1, -0.05) is 44.2 Å². The summed E-state index contributed by atoms with van der Waals surface area (Å²) in [6, 6.07) is 6.14. The van der Waals surface area contributed by atoms with Crippen molar-refractivity contribution in [1.82, 2.24) is 14.5 Å². The van der Waals surface area contributed by atoms with E-state index in [1.807, 2.05) is 71.0 Å². The number of aliphatic imine (C=N–C) groups is 1. The van der Waals surface area contributed by atoms with Crippen LogP contribution in [0.25, 0.3) is 6.08 Å². The molecule has 4 rings (SSSR count). The van der Waals surface area contributed by atoms with Crippen molar-refractivity contribution < 1.29 is 9.53 Å². The van der Waals surface area contributed by atoms with E-state index in [2.05, 4.69) is 41.3 Å². The van der Waals surface area contributed by atoms with Gasteiger partial charge in [0, 0.05) is 49.2 Å². The summed E-state index contributed by atoms with van der Waals surface area (Å²) in [6.45, 7) is 19.7. The molecule has 0 bridgehead atoms. The fourth-order valence-corrected chi connectivity index (χ4v) is 5.56. The number of aromatic nitrogens is 2. The van der Waals surface area contributed by atoms with Gasteiger partial charge in [-0.25, -0.2) is 9.78 Å². The third-order valence-electron chi connectivity index (χ3n) is 7.08. The molecule has 2 aliphatic rings. The SMILES string of the molecule is C=CN=C1/C(=C\C)C(Cn2ccnc2C)=Cc2cc(Cl)ccc2C1C1CCN(C(=O)OC(C)(C)C)CC1.CC. The maximum absolute atomic E-state index is 12.7. The summed E-state index contributed by atoms with van der Waals surface area (Å²) in [5, 5.41) is 0.706. The lowest BCUT2D eigenvalue weighted by molar-refractivity contribution is 0.0181. The molecule has 2 aromatic rings. The monoisotopic (exact) mass is 550 g/mol. The molecule has 7 heteroatoms. The second-order valence-corrected chi connectivity index (χ2v) is 11.2. The van der Waals surface area contributed by atoms with Crippen LogP contribution in [0.3, 0.4) is 0 Å². The molecule has 1 fully saturated rings. The molecule has 0 saturated carbocycles. The van der Waals surface area contributed by atoms with Crippen LogP contribution < -0.4 is 0 Å². The minimum Gasteiger partial charge on any atom is -0.444 e. The highest BCUT2D eigenvalue weighted by Gasteiger charge is 2.37. The Balaban J connectivity index is 0.00000205. The molecule has 6 nitrogen and oxygen atoms in total. The molecule has 2 heterocycles. The van der Waals surface area contributed by atoms with Gasteiger partial charge in [0.05, 0.1) is 5.71 Å². The molecule has 1 unspecified atom stereocenters. The van der Waals surface area contributed by atoms with Gasteiger partial charge in [-0.2, -0.15) is 0 Å². The van der Waals surface area contributed by atoms with Crippen molar-refractivity contribution >= 4 is 29.5 Å². The first-order valence-electron chi connectivity index (χ1n) is 13.9. The topological polar surface area (TPSA) is 59.7 Å². The number of likely N-dealkylation sites (tertiary alicyclic amines) is 1. The number of carbonyl (C=O) groups is 1. The molecule has 0 N–H and O–H groups in total. The van der Waals surface area contributed by atoms with Gasteiger partial charge in [-0.05, 0) is 93.9 Å². The molecule has 0 spiro atoms. The van der Waals surface area contributed by atoms with Gasteiger partial charge in [-0.15, -0.1) is 0 Å². The number of benzene rings is 1. The standard InChI is InChI=1S/C30H37ClN4O2.C2H6/c1-7-25-23(19-35-16-13-33-20(35)3)17-22-18-24(31)9-10-26(22)27(28(25)32-8-2)21-11-14-34(15-12-21)29(36)37-30(4,5)6;1-2/h7-10,13,16-18,21,27H,2,11-12,14-15,19H2,1,3-6H3;1-2H3/b25-7-,32-28?;. The smallest absolute Gasteiger partial charge is 0.410 e. The summed E-state index contributed by atoms with van der Waals surface area (Å²) in [5.41, 5.74) is 5.08. The molecule has 1 aliphatic carbocycles. The third-order valence-corrected chi connectivity index (χ3v) is 7.31. The highest BCUT2D eigenvalue weighted by atomic mass is 35.5. The minimum atomic E-state index is -0.506. The first-order valence-corrected chi connectivity index (χ1v) is 14.3. The average molecular weight is 551 g/mol. The van der Waals surface area contributed by atoms with Crippen molar-refractivity contribution in [2.45, 2.75) is 79.4 Å². The number of ether oxygens (including phenoxy) is 1. The Morgan fingerprint density at radius 1 is 1.26 bits per heavy atom. The number of rotatable bonds is 4. The molecule has 1 aliphatic heterocycles. The normalized spacial score (nSPS) is 20.1. The van der Waals surface area contributed by atoms with E-state index < -0.39 is 5.60 Å². The molecule has 210 valence electrons. The molecular weight excluding hydrogens is 508 g/mol. The zero-order valence-corrected chi connectivity index (χ0v) is 25.3. The number of hydrogen-bond donors (Lipinski definition) is 0. The lowest BCUT2D eigenvalue weighted by atomic mass is 9.74. The van der Waals surface area contributed by atoms with E-state index in [1.54, 1.807) is 6.20 Å². The quantitative estimate of drug-likeness (QED) is 0.385. The van der Waals surface area contributed by atoms with E-state index in [9.17, 15) is 4.79 Å². The zero-order valence-electron chi connectivity index (χ0n) is 24.5. The van der Waals surface area contributed by atoms with E-state index in [-0.39, 0.29) is 12.0 Å². The maximum atomic E-state index is 12.7. The minimum absolute atomic E-state index is 0.0508. The number of piperidine rings is 1. The fraction of sp³-hybridized carbons (Fsp3) is 0.469. The first-order chi connectivity index (χ1) is 18.6. The van der Waals surface area contributed by atoms with Crippen LogP contribution in [0.5, 0.6) is 0 Å². The van der Waals surface area contributed by atoms with Crippen LogP contribution in [0.2, 0.25) is 5.02 Å². The Hall–Kier alpha value is -3.12. The van der Waals surface area contributed by atoms with Crippen molar-refractivity contribution in [3.8, 4) is 0 Å². The van der Waals surface area contributed by atoms with Gasteiger partial charge in [0.1, 0.15) is 11.4 Å². The molecule has 1 aromatic carbocycles. The van der Waals surface area contributed by atoms with E-state index in [0.717, 1.165) is 41.1 Å². The molecule has 1 aromatic heterocycles. The summed E-state index contributed by atoms with van der Waals surface area (Å²) in [4.78, 5) is 23.8. The summed E-state index contributed by atoms with van der Waals surface area (Å²) >= 11 is 6.49. The Morgan fingerprint density at radius 3 is 2.51 bits per heavy atom. The van der Waals surface area contributed by atoms with Crippen LogP contribution >= 0.6 is 11.6 Å². The Morgan fingerprint density at radius 2 is 1.95 bits per heavy atom. The first kappa shape index (κ1) is 30.4. The number of halogens is 1. The van der Waals surface area contributed by atoms with E-state index in [1.165, 1.54) is 5.56 Å². The number of allylic oxidation sites excluding steroid dienone is 3. The Bertz CT molecular complexity index is 1260. The number of nitrogens with zero attached hydrogens (tertiary/aromatic N) is 4. The van der Waals surface area contributed by atoms with Crippen molar-refractivity contribution in [1.29, 1.82) is 0 Å². The summed E-state index contributed by atoms with van der Waals surface area (Å²) in [6.07, 6.45) is 11.3. The number of carbonyl (C=O) groups excluding carboxylic acids is 1. The summed E-state index contributed by atoms with van der Waals surface area (Å²) in [7, 11) is 0. The van der Waals surface area contributed by atoms with Crippen LogP contribution in [-0.4, -0.2) is 44.9 Å². The third kappa shape index (κ3) is 7.30. The maximum Gasteiger partial charge on any atom is 0.410 e. The highest BCUT2D eigenvalue weighted by molar-refractivity contribution is 6.30.